The lowest BCUT2D eigenvalue weighted by Gasteiger charge is -2.37. The van der Waals surface area contributed by atoms with E-state index in [1.807, 2.05) is 30.3 Å². The Morgan fingerprint density at radius 2 is 1.90 bits per heavy atom. The number of carboxylic acid groups (broad SMARTS) is 1. The molecular formula is C15H20N2O4. The number of amides is 2. The molecule has 21 heavy (non-hydrogen) atoms. The fourth-order valence-electron chi connectivity index (χ4n) is 2.23. The minimum absolute atomic E-state index is 0.174. The van der Waals surface area contributed by atoms with Crippen LogP contribution in [0.2, 0.25) is 0 Å². The highest BCUT2D eigenvalue weighted by molar-refractivity contribution is 5.78. The Bertz CT molecular complexity index is 486. The highest BCUT2D eigenvalue weighted by atomic mass is 16.5. The molecule has 0 radical (unpaired) electrons. The second-order valence-corrected chi connectivity index (χ2v) is 5.21. The molecule has 0 atom stereocenters. The van der Waals surface area contributed by atoms with Gasteiger partial charge in [-0.1, -0.05) is 24.6 Å². The Morgan fingerprint density at radius 1 is 1.19 bits per heavy atom. The number of benzene rings is 1. The number of rotatable bonds is 7. The Hall–Kier alpha value is -2.24. The van der Waals surface area contributed by atoms with Gasteiger partial charge in [0.1, 0.15) is 12.4 Å². The van der Waals surface area contributed by atoms with Gasteiger partial charge in [-0.2, -0.15) is 0 Å². The van der Waals surface area contributed by atoms with Gasteiger partial charge in [-0.25, -0.2) is 4.79 Å². The lowest BCUT2D eigenvalue weighted by molar-refractivity contribution is -0.153. The van der Waals surface area contributed by atoms with E-state index in [1.54, 1.807) is 0 Å². The molecule has 0 unspecified atom stereocenters. The molecule has 0 spiro atoms. The Kier molecular flexibility index (Phi) is 5.03. The van der Waals surface area contributed by atoms with Gasteiger partial charge in [0.15, 0.2) is 0 Å². The third-order valence-electron chi connectivity index (χ3n) is 3.75. The molecule has 114 valence electrons. The number of carboxylic acids is 1. The van der Waals surface area contributed by atoms with Crippen LogP contribution in [0.1, 0.15) is 19.3 Å². The third-order valence-corrected chi connectivity index (χ3v) is 3.75. The number of hydrogen-bond donors (Lipinski definition) is 3. The summed E-state index contributed by atoms with van der Waals surface area (Å²) < 4.78 is 5.44. The van der Waals surface area contributed by atoms with Crippen molar-refractivity contribution in [3.63, 3.8) is 0 Å². The zero-order chi connectivity index (χ0) is 15.1. The van der Waals surface area contributed by atoms with Gasteiger partial charge < -0.3 is 20.5 Å². The van der Waals surface area contributed by atoms with Crippen molar-refractivity contribution in [3.8, 4) is 5.75 Å². The third kappa shape index (κ3) is 4.11. The van der Waals surface area contributed by atoms with Gasteiger partial charge in [0.25, 0.3) is 0 Å². The summed E-state index contributed by atoms with van der Waals surface area (Å²) in [5.41, 5.74) is -0.766. The fraction of sp³-hybridized carbons (Fsp3) is 0.467. The minimum atomic E-state index is -0.832. The van der Waals surface area contributed by atoms with Crippen LogP contribution in [-0.4, -0.2) is 36.8 Å². The van der Waals surface area contributed by atoms with E-state index in [0.29, 0.717) is 26.0 Å². The maximum absolute atomic E-state index is 11.6. The summed E-state index contributed by atoms with van der Waals surface area (Å²) >= 11 is 0. The first-order valence-corrected chi connectivity index (χ1v) is 7.05. The molecule has 0 aromatic heterocycles. The monoisotopic (exact) mass is 292 g/mol. The SMILES string of the molecule is O=C(NCCOc1ccccc1)NCC1(C(=O)O)CCC1. The van der Waals surface area contributed by atoms with Crippen molar-refractivity contribution in [1.82, 2.24) is 10.6 Å². The largest absolute Gasteiger partial charge is 0.492 e. The van der Waals surface area contributed by atoms with Crippen LogP contribution in [-0.2, 0) is 4.79 Å². The molecule has 0 heterocycles. The molecule has 1 aromatic rings. The summed E-state index contributed by atoms with van der Waals surface area (Å²) in [7, 11) is 0. The lowest BCUT2D eigenvalue weighted by atomic mass is 9.69. The van der Waals surface area contributed by atoms with E-state index in [2.05, 4.69) is 10.6 Å². The van der Waals surface area contributed by atoms with Crippen LogP contribution >= 0.6 is 0 Å². The van der Waals surface area contributed by atoms with Crippen LogP contribution in [0.4, 0.5) is 4.79 Å². The minimum Gasteiger partial charge on any atom is -0.492 e. The first kappa shape index (κ1) is 15.2. The number of carbonyl (C=O) groups excluding carboxylic acids is 1. The average molecular weight is 292 g/mol. The number of hydrogen-bond acceptors (Lipinski definition) is 3. The van der Waals surface area contributed by atoms with Crippen molar-refractivity contribution in [2.75, 3.05) is 19.7 Å². The van der Waals surface area contributed by atoms with Crippen molar-refractivity contribution >= 4 is 12.0 Å². The standard InChI is InChI=1S/C15H20N2O4/c18-13(19)15(7-4-8-15)11-17-14(20)16-9-10-21-12-5-2-1-3-6-12/h1-3,5-6H,4,7-11H2,(H,18,19)(H2,16,17,20). The molecule has 6 heteroatoms. The van der Waals surface area contributed by atoms with Gasteiger partial charge in [0.2, 0.25) is 0 Å². The molecule has 0 aliphatic heterocycles. The number of para-hydroxylation sites is 1. The lowest BCUT2D eigenvalue weighted by Crippen LogP contribution is -2.50. The van der Waals surface area contributed by atoms with Crippen molar-refractivity contribution in [2.24, 2.45) is 5.41 Å². The van der Waals surface area contributed by atoms with Crippen LogP contribution in [0.25, 0.3) is 0 Å². The summed E-state index contributed by atoms with van der Waals surface area (Å²) in [6.45, 7) is 0.899. The highest BCUT2D eigenvalue weighted by Gasteiger charge is 2.44. The van der Waals surface area contributed by atoms with E-state index in [0.717, 1.165) is 12.2 Å². The Morgan fingerprint density at radius 3 is 2.48 bits per heavy atom. The van der Waals surface area contributed by atoms with Crippen LogP contribution in [0.15, 0.2) is 30.3 Å². The summed E-state index contributed by atoms with van der Waals surface area (Å²) in [6, 6.07) is 8.97. The molecule has 1 aromatic carbocycles. The predicted molar refractivity (Wildman–Crippen MR) is 77.3 cm³/mol. The van der Waals surface area contributed by atoms with Crippen molar-refractivity contribution in [2.45, 2.75) is 19.3 Å². The second kappa shape index (κ2) is 6.97. The smallest absolute Gasteiger partial charge is 0.314 e. The molecule has 2 amide bonds. The molecule has 0 bridgehead atoms. The van der Waals surface area contributed by atoms with Gasteiger partial charge in [0, 0.05) is 6.54 Å². The van der Waals surface area contributed by atoms with E-state index < -0.39 is 11.4 Å². The molecule has 1 aliphatic rings. The maximum Gasteiger partial charge on any atom is 0.314 e. The van der Waals surface area contributed by atoms with Crippen molar-refractivity contribution < 1.29 is 19.4 Å². The zero-order valence-electron chi connectivity index (χ0n) is 11.8. The van der Waals surface area contributed by atoms with E-state index in [9.17, 15) is 9.59 Å². The highest BCUT2D eigenvalue weighted by Crippen LogP contribution is 2.40. The number of ether oxygens (including phenoxy) is 1. The molecule has 3 N–H and O–H groups in total. The zero-order valence-corrected chi connectivity index (χ0v) is 11.8. The summed E-state index contributed by atoms with van der Waals surface area (Å²) in [5, 5.41) is 14.4. The Balaban J connectivity index is 1.61. The molecule has 1 aliphatic carbocycles. The van der Waals surface area contributed by atoms with Crippen LogP contribution in [0.5, 0.6) is 5.75 Å². The van der Waals surface area contributed by atoms with E-state index >= 15 is 0 Å². The van der Waals surface area contributed by atoms with Crippen LogP contribution in [0, 0.1) is 5.41 Å². The van der Waals surface area contributed by atoms with Gasteiger partial charge >= 0.3 is 12.0 Å². The quantitative estimate of drug-likeness (QED) is 0.666. The molecular weight excluding hydrogens is 272 g/mol. The summed E-state index contributed by atoms with van der Waals surface area (Å²) in [6.07, 6.45) is 2.15. The average Bonchev–Trinajstić information content (AvgIpc) is 2.43. The second-order valence-electron chi connectivity index (χ2n) is 5.21. The van der Waals surface area contributed by atoms with Gasteiger partial charge in [0.05, 0.1) is 12.0 Å². The predicted octanol–water partition coefficient (Wildman–Crippen LogP) is 1.62. The molecule has 6 nitrogen and oxygen atoms in total. The van der Waals surface area contributed by atoms with Gasteiger partial charge in [-0.15, -0.1) is 0 Å². The number of urea groups is 1. The van der Waals surface area contributed by atoms with Crippen LogP contribution < -0.4 is 15.4 Å². The van der Waals surface area contributed by atoms with E-state index in [-0.39, 0.29) is 12.6 Å². The van der Waals surface area contributed by atoms with Crippen LogP contribution in [0.3, 0.4) is 0 Å². The number of aliphatic carboxylic acids is 1. The normalized spacial score (nSPS) is 15.6. The topological polar surface area (TPSA) is 87.7 Å². The summed E-state index contributed by atoms with van der Waals surface area (Å²) in [5.74, 6) is -0.0829. The molecule has 2 rings (SSSR count). The number of nitrogens with one attached hydrogen (secondary N) is 2. The van der Waals surface area contributed by atoms with Crippen molar-refractivity contribution in [3.05, 3.63) is 30.3 Å². The Labute approximate surface area is 123 Å². The summed E-state index contributed by atoms with van der Waals surface area (Å²) in [4.78, 5) is 22.7. The van der Waals surface area contributed by atoms with Gasteiger partial charge in [-0.05, 0) is 25.0 Å². The number of carbonyl (C=O) groups is 2. The fourth-order valence-corrected chi connectivity index (χ4v) is 2.23. The first-order chi connectivity index (χ1) is 10.1. The van der Waals surface area contributed by atoms with Crippen molar-refractivity contribution in [1.29, 1.82) is 0 Å². The van der Waals surface area contributed by atoms with E-state index in [4.69, 9.17) is 9.84 Å². The van der Waals surface area contributed by atoms with E-state index in [1.165, 1.54) is 0 Å². The maximum atomic E-state index is 11.6. The molecule has 0 saturated heterocycles. The molecule has 1 fully saturated rings. The van der Waals surface area contributed by atoms with Gasteiger partial charge in [-0.3, -0.25) is 4.79 Å². The molecule has 1 saturated carbocycles. The first-order valence-electron chi connectivity index (χ1n) is 7.05.